The Balaban J connectivity index is 0.00000121. The van der Waals surface area contributed by atoms with E-state index < -0.39 is 0 Å². The van der Waals surface area contributed by atoms with E-state index in [0.717, 1.165) is 5.03 Å². The van der Waals surface area contributed by atoms with Gasteiger partial charge in [0.2, 0.25) is 0 Å². The molecule has 0 aliphatic carbocycles. The van der Waals surface area contributed by atoms with Gasteiger partial charge in [0.15, 0.2) is 0 Å². The van der Waals surface area contributed by atoms with Crippen molar-refractivity contribution in [2.75, 3.05) is 12.5 Å². The maximum absolute atomic E-state index is 5.59. The van der Waals surface area contributed by atoms with Gasteiger partial charge in [-0.25, -0.2) is 0 Å². The van der Waals surface area contributed by atoms with E-state index in [1.165, 1.54) is 21.3 Å². The third-order valence-electron chi connectivity index (χ3n) is 1.30. The van der Waals surface area contributed by atoms with E-state index in [1.54, 1.807) is 23.5 Å². The van der Waals surface area contributed by atoms with Crippen molar-refractivity contribution in [1.82, 2.24) is 4.37 Å². The second-order valence-electron chi connectivity index (χ2n) is 1.87. The lowest BCUT2D eigenvalue weighted by atomic mass is 10.4. The zero-order chi connectivity index (χ0) is 8.27. The van der Waals surface area contributed by atoms with Gasteiger partial charge in [-0.1, -0.05) is 0 Å². The molecule has 0 radical (unpaired) electrons. The van der Waals surface area contributed by atoms with Gasteiger partial charge in [0.25, 0.3) is 0 Å². The Hall–Kier alpha value is 0.580. The Morgan fingerprint density at radius 3 is 2.50 bits per heavy atom. The quantitative estimate of drug-likeness (QED) is 0.827. The van der Waals surface area contributed by atoms with E-state index in [4.69, 9.17) is 5.73 Å². The second-order valence-corrected chi connectivity index (χ2v) is 4.51. The molecule has 0 fully saturated rings. The van der Waals surface area contributed by atoms with Gasteiger partial charge in [-0.2, -0.15) is 4.37 Å². The van der Waals surface area contributed by atoms with Crippen LogP contribution in [0.25, 0.3) is 0 Å². The van der Waals surface area contributed by atoms with Crippen molar-refractivity contribution in [3.05, 3.63) is 5.56 Å². The molecular formula is C6H11ClN2S3. The van der Waals surface area contributed by atoms with Crippen molar-refractivity contribution < 1.29 is 0 Å². The predicted molar refractivity (Wildman–Crippen MR) is 60.8 cm³/mol. The van der Waals surface area contributed by atoms with Crippen LogP contribution < -0.4 is 5.73 Å². The van der Waals surface area contributed by atoms with Crippen LogP contribution in [0.4, 0.5) is 0 Å². The number of hydrogen-bond donors (Lipinski definition) is 1. The van der Waals surface area contributed by atoms with Crippen LogP contribution in [-0.4, -0.2) is 16.9 Å². The molecule has 0 bridgehead atoms. The van der Waals surface area contributed by atoms with Crippen molar-refractivity contribution >= 4 is 47.5 Å². The summed E-state index contributed by atoms with van der Waals surface area (Å²) in [7, 11) is 0. The molecule has 0 spiro atoms. The standard InChI is InChI=1S/C6H10N2S3.ClH/c1-9-5-4(3-7)6(10-2)11-8-5;/h3,7H2,1-2H3;1H. The Bertz CT molecular complexity index is 217. The maximum atomic E-state index is 5.59. The van der Waals surface area contributed by atoms with E-state index in [1.807, 2.05) is 6.26 Å². The van der Waals surface area contributed by atoms with Crippen LogP contribution in [0.2, 0.25) is 0 Å². The van der Waals surface area contributed by atoms with Gasteiger partial charge < -0.3 is 5.73 Å². The Morgan fingerprint density at radius 2 is 2.08 bits per heavy atom. The molecule has 0 aliphatic heterocycles. The lowest BCUT2D eigenvalue weighted by molar-refractivity contribution is 0.988. The minimum Gasteiger partial charge on any atom is -0.326 e. The normalized spacial score (nSPS) is 9.58. The zero-order valence-electron chi connectivity index (χ0n) is 6.86. The number of nitrogens with two attached hydrogens (primary N) is 1. The summed E-state index contributed by atoms with van der Waals surface area (Å²) in [5.74, 6) is 0. The van der Waals surface area contributed by atoms with Gasteiger partial charge in [-0.15, -0.1) is 35.9 Å². The summed E-state index contributed by atoms with van der Waals surface area (Å²) in [6, 6.07) is 0. The molecule has 0 amide bonds. The molecule has 0 unspecified atom stereocenters. The SMILES string of the molecule is CSc1nsc(SC)c1CN.Cl. The van der Waals surface area contributed by atoms with Crippen LogP contribution in [0, 0.1) is 0 Å². The summed E-state index contributed by atoms with van der Waals surface area (Å²) < 4.78 is 5.53. The first-order valence-electron chi connectivity index (χ1n) is 3.10. The Labute approximate surface area is 91.3 Å². The van der Waals surface area contributed by atoms with E-state index in [0.29, 0.717) is 6.54 Å². The minimum absolute atomic E-state index is 0. The molecule has 2 nitrogen and oxygen atoms in total. The third kappa shape index (κ3) is 2.53. The van der Waals surface area contributed by atoms with E-state index >= 15 is 0 Å². The topological polar surface area (TPSA) is 38.9 Å². The van der Waals surface area contributed by atoms with Gasteiger partial charge in [0.05, 0.1) is 4.21 Å². The smallest absolute Gasteiger partial charge is 0.115 e. The van der Waals surface area contributed by atoms with Gasteiger partial charge in [-0.05, 0) is 24.0 Å². The van der Waals surface area contributed by atoms with Crippen molar-refractivity contribution in [3.63, 3.8) is 0 Å². The summed E-state index contributed by atoms with van der Waals surface area (Å²) in [4.78, 5) is 0. The van der Waals surface area contributed by atoms with Gasteiger partial charge in [0.1, 0.15) is 5.03 Å². The van der Waals surface area contributed by atoms with Crippen LogP contribution in [0.15, 0.2) is 9.24 Å². The fourth-order valence-corrected chi connectivity index (χ4v) is 3.15. The average molecular weight is 243 g/mol. The molecule has 0 aliphatic rings. The van der Waals surface area contributed by atoms with Crippen LogP contribution in [0.5, 0.6) is 0 Å². The lowest BCUT2D eigenvalue weighted by Gasteiger charge is -1.96. The minimum atomic E-state index is 0. The highest BCUT2D eigenvalue weighted by atomic mass is 35.5. The number of halogens is 1. The van der Waals surface area contributed by atoms with E-state index in [-0.39, 0.29) is 12.4 Å². The van der Waals surface area contributed by atoms with Crippen molar-refractivity contribution in [2.45, 2.75) is 15.8 Å². The van der Waals surface area contributed by atoms with Crippen LogP contribution in [-0.2, 0) is 6.54 Å². The van der Waals surface area contributed by atoms with Crippen LogP contribution >= 0.6 is 47.5 Å². The predicted octanol–water partition coefficient (Wildman–Crippen LogP) is 2.47. The Morgan fingerprint density at radius 1 is 1.42 bits per heavy atom. The maximum Gasteiger partial charge on any atom is 0.115 e. The molecule has 0 saturated heterocycles. The number of rotatable bonds is 3. The fourth-order valence-electron chi connectivity index (χ4n) is 0.772. The van der Waals surface area contributed by atoms with Crippen LogP contribution in [0.3, 0.4) is 0 Å². The Kier molecular flexibility index (Phi) is 6.39. The van der Waals surface area contributed by atoms with Gasteiger partial charge in [0, 0.05) is 12.1 Å². The summed E-state index contributed by atoms with van der Waals surface area (Å²) in [5.41, 5.74) is 6.79. The molecular weight excluding hydrogens is 232 g/mol. The molecule has 1 rings (SSSR count). The first kappa shape index (κ1) is 12.6. The molecule has 1 aromatic heterocycles. The number of hydrogen-bond acceptors (Lipinski definition) is 5. The molecule has 0 saturated carbocycles. The summed E-state index contributed by atoms with van der Waals surface area (Å²) in [6.45, 7) is 0.600. The molecule has 0 aromatic carbocycles. The summed E-state index contributed by atoms with van der Waals surface area (Å²) >= 11 is 4.92. The highest BCUT2D eigenvalue weighted by Crippen LogP contribution is 2.31. The fraction of sp³-hybridized carbons (Fsp3) is 0.500. The summed E-state index contributed by atoms with van der Waals surface area (Å²) in [6.07, 6.45) is 4.08. The van der Waals surface area contributed by atoms with Gasteiger partial charge >= 0.3 is 0 Å². The molecule has 1 heterocycles. The van der Waals surface area contributed by atoms with Crippen LogP contribution in [0.1, 0.15) is 5.56 Å². The zero-order valence-corrected chi connectivity index (χ0v) is 10.1. The van der Waals surface area contributed by atoms with Gasteiger partial charge in [-0.3, -0.25) is 0 Å². The summed E-state index contributed by atoms with van der Waals surface area (Å²) in [5, 5.41) is 1.09. The van der Waals surface area contributed by atoms with Crippen molar-refractivity contribution in [1.29, 1.82) is 0 Å². The molecule has 12 heavy (non-hydrogen) atoms. The largest absolute Gasteiger partial charge is 0.326 e. The lowest BCUT2D eigenvalue weighted by Crippen LogP contribution is -1.97. The highest BCUT2D eigenvalue weighted by molar-refractivity contribution is 8.01. The first-order chi connectivity index (χ1) is 5.33. The average Bonchev–Trinajstić information content (AvgIpc) is 2.45. The first-order valence-corrected chi connectivity index (χ1v) is 6.32. The molecule has 2 N–H and O–H groups in total. The molecule has 6 heteroatoms. The third-order valence-corrected chi connectivity index (χ3v) is 4.17. The molecule has 0 atom stereocenters. The van der Waals surface area contributed by atoms with Crippen molar-refractivity contribution in [3.8, 4) is 0 Å². The van der Waals surface area contributed by atoms with E-state index in [9.17, 15) is 0 Å². The highest BCUT2D eigenvalue weighted by Gasteiger charge is 2.09. The van der Waals surface area contributed by atoms with Crippen molar-refractivity contribution in [2.24, 2.45) is 5.73 Å². The number of aromatic nitrogens is 1. The second kappa shape index (κ2) is 6.10. The monoisotopic (exact) mass is 242 g/mol. The number of thioether (sulfide) groups is 2. The van der Waals surface area contributed by atoms with E-state index in [2.05, 4.69) is 10.6 Å². The molecule has 1 aromatic rings. The number of nitrogens with zero attached hydrogens (tertiary/aromatic N) is 1. The molecule has 70 valence electrons.